The highest BCUT2D eigenvalue weighted by Crippen LogP contribution is 2.45. The number of phenols is 1. The monoisotopic (exact) mass is 589 g/mol. The molecule has 0 bridgehead atoms. The summed E-state index contributed by atoms with van der Waals surface area (Å²) in [6.07, 6.45) is 2.91. The van der Waals surface area contributed by atoms with Crippen molar-refractivity contribution in [2.24, 2.45) is 0 Å². The number of aliphatic hydroxyl groups is 1. The maximum Gasteiger partial charge on any atom is 0.296 e. The molecule has 0 saturated carbocycles. The SMILES string of the molecule is CCOc1cc(C2C(C(=O)C=Cc3ccccc3)=C(O)C(=O)N2c2nnc(SCc3ccc(F)cc3)s2)ccc1O. The number of aliphatic hydroxyl groups excluding tert-OH is 1. The lowest BCUT2D eigenvalue weighted by Crippen LogP contribution is -2.30. The Bertz CT molecular complexity index is 1640. The van der Waals surface area contributed by atoms with Crippen LogP contribution in [0.3, 0.4) is 0 Å². The molecule has 1 aromatic heterocycles. The van der Waals surface area contributed by atoms with Crippen LogP contribution in [0.4, 0.5) is 9.52 Å². The fourth-order valence-corrected chi connectivity index (χ4v) is 6.07. The first-order valence-corrected chi connectivity index (χ1v) is 14.4. The van der Waals surface area contributed by atoms with Crippen molar-refractivity contribution < 1.29 is 28.9 Å². The molecule has 1 amide bonds. The van der Waals surface area contributed by atoms with Gasteiger partial charge in [0.05, 0.1) is 18.2 Å². The molecular weight excluding hydrogens is 565 g/mol. The number of hydrogen-bond acceptors (Lipinski definition) is 9. The van der Waals surface area contributed by atoms with Gasteiger partial charge in [0.25, 0.3) is 5.91 Å². The summed E-state index contributed by atoms with van der Waals surface area (Å²) >= 11 is 2.48. The summed E-state index contributed by atoms with van der Waals surface area (Å²) in [5, 5.41) is 29.8. The lowest BCUT2D eigenvalue weighted by atomic mass is 9.95. The number of ether oxygens (including phenoxy) is 1. The van der Waals surface area contributed by atoms with Crippen molar-refractivity contribution >= 4 is 46.0 Å². The van der Waals surface area contributed by atoms with Crippen LogP contribution in [0.15, 0.2) is 94.5 Å². The molecular formula is C30H24FN3O5S2. The molecule has 1 atom stereocenters. The minimum atomic E-state index is -1.06. The van der Waals surface area contributed by atoms with Gasteiger partial charge in [0.2, 0.25) is 5.13 Å². The zero-order valence-electron chi connectivity index (χ0n) is 21.7. The molecule has 0 spiro atoms. The highest BCUT2D eigenvalue weighted by molar-refractivity contribution is 8.00. The lowest BCUT2D eigenvalue weighted by Gasteiger charge is -2.24. The molecule has 1 aliphatic rings. The number of phenolic OH excluding ortho intramolecular Hbond substituents is 1. The molecule has 0 aliphatic carbocycles. The Morgan fingerprint density at radius 1 is 1.10 bits per heavy atom. The molecule has 2 N–H and O–H groups in total. The van der Waals surface area contributed by atoms with Gasteiger partial charge < -0.3 is 14.9 Å². The van der Waals surface area contributed by atoms with Gasteiger partial charge in [-0.1, -0.05) is 77.7 Å². The van der Waals surface area contributed by atoms with E-state index in [1.54, 1.807) is 31.2 Å². The van der Waals surface area contributed by atoms with E-state index in [4.69, 9.17) is 4.74 Å². The highest BCUT2D eigenvalue weighted by Gasteiger charge is 2.45. The number of rotatable bonds is 10. The summed E-state index contributed by atoms with van der Waals surface area (Å²) in [7, 11) is 0. The second-order valence-corrected chi connectivity index (χ2v) is 11.1. The number of benzene rings is 3. The Labute approximate surface area is 243 Å². The number of anilines is 1. The normalized spacial score (nSPS) is 15.2. The maximum atomic E-state index is 13.5. The summed E-state index contributed by atoms with van der Waals surface area (Å²) < 4.78 is 19.3. The van der Waals surface area contributed by atoms with Gasteiger partial charge >= 0.3 is 0 Å². The van der Waals surface area contributed by atoms with E-state index >= 15 is 0 Å². The minimum absolute atomic E-state index is 0.105. The first-order chi connectivity index (χ1) is 19.9. The molecule has 0 saturated heterocycles. The Kier molecular flexibility index (Phi) is 8.46. The van der Waals surface area contributed by atoms with Crippen molar-refractivity contribution in [2.75, 3.05) is 11.5 Å². The predicted octanol–water partition coefficient (Wildman–Crippen LogP) is 6.26. The summed E-state index contributed by atoms with van der Waals surface area (Å²) in [4.78, 5) is 28.1. The Morgan fingerprint density at radius 2 is 1.85 bits per heavy atom. The smallest absolute Gasteiger partial charge is 0.296 e. The molecule has 4 aromatic rings. The number of ketones is 1. The molecule has 1 aliphatic heterocycles. The third kappa shape index (κ3) is 6.16. The standard InChI is InChI=1S/C30H24FN3O5S2/c1-2-39-24-16-20(11-15-22(24)35)26-25(23(36)14-10-18-6-4-3-5-7-18)27(37)28(38)34(26)29-32-33-30(41-29)40-17-19-8-12-21(31)13-9-19/h3-16,26,35,37H,2,17H2,1H3. The van der Waals surface area contributed by atoms with Crippen molar-refractivity contribution in [3.05, 3.63) is 113 Å². The van der Waals surface area contributed by atoms with Crippen LogP contribution in [0.5, 0.6) is 11.5 Å². The van der Waals surface area contributed by atoms with E-state index < -0.39 is 23.5 Å². The van der Waals surface area contributed by atoms with Crippen LogP contribution in [-0.2, 0) is 15.3 Å². The molecule has 3 aromatic carbocycles. The van der Waals surface area contributed by atoms with Crippen LogP contribution in [0.2, 0.25) is 0 Å². The van der Waals surface area contributed by atoms with Crippen LogP contribution in [0.1, 0.15) is 29.7 Å². The van der Waals surface area contributed by atoms with E-state index in [-0.39, 0.29) is 34.6 Å². The van der Waals surface area contributed by atoms with E-state index in [9.17, 15) is 24.2 Å². The quantitative estimate of drug-likeness (QED) is 0.127. The van der Waals surface area contributed by atoms with Gasteiger partial charge in [0.1, 0.15) is 5.82 Å². The topological polar surface area (TPSA) is 113 Å². The van der Waals surface area contributed by atoms with Gasteiger partial charge in [-0.2, -0.15) is 0 Å². The largest absolute Gasteiger partial charge is 0.504 e. The van der Waals surface area contributed by atoms with E-state index in [2.05, 4.69) is 10.2 Å². The third-order valence-electron chi connectivity index (χ3n) is 6.18. The van der Waals surface area contributed by atoms with Gasteiger partial charge in [0.15, 0.2) is 27.4 Å². The van der Waals surface area contributed by atoms with Crippen LogP contribution >= 0.6 is 23.1 Å². The minimum Gasteiger partial charge on any atom is -0.504 e. The average Bonchev–Trinajstić information content (AvgIpc) is 3.55. The zero-order chi connectivity index (χ0) is 28.9. The summed E-state index contributed by atoms with van der Waals surface area (Å²) in [5.41, 5.74) is 1.95. The molecule has 0 radical (unpaired) electrons. The van der Waals surface area contributed by atoms with Crippen LogP contribution in [0.25, 0.3) is 6.08 Å². The van der Waals surface area contributed by atoms with Gasteiger partial charge in [-0.3, -0.25) is 14.5 Å². The molecule has 11 heteroatoms. The average molecular weight is 590 g/mol. The number of carbonyl (C=O) groups is 2. The van der Waals surface area contributed by atoms with Crippen LogP contribution < -0.4 is 9.64 Å². The van der Waals surface area contributed by atoms with E-state index in [1.807, 2.05) is 30.3 Å². The lowest BCUT2D eigenvalue weighted by molar-refractivity contribution is -0.117. The molecule has 1 unspecified atom stereocenters. The molecule has 2 heterocycles. The molecule has 41 heavy (non-hydrogen) atoms. The number of halogens is 1. The first-order valence-electron chi connectivity index (χ1n) is 12.6. The van der Waals surface area contributed by atoms with Crippen molar-refractivity contribution in [1.29, 1.82) is 0 Å². The van der Waals surface area contributed by atoms with E-state index in [0.29, 0.717) is 15.7 Å². The predicted molar refractivity (Wildman–Crippen MR) is 156 cm³/mol. The Hall–Kier alpha value is -4.48. The van der Waals surface area contributed by atoms with Crippen molar-refractivity contribution in [3.63, 3.8) is 0 Å². The zero-order valence-corrected chi connectivity index (χ0v) is 23.4. The van der Waals surface area contributed by atoms with Gasteiger partial charge in [-0.25, -0.2) is 4.39 Å². The van der Waals surface area contributed by atoms with Crippen LogP contribution in [0, 0.1) is 5.82 Å². The van der Waals surface area contributed by atoms with Crippen LogP contribution in [-0.4, -0.2) is 38.7 Å². The number of amides is 1. The number of thioether (sulfide) groups is 1. The Morgan fingerprint density at radius 3 is 2.59 bits per heavy atom. The maximum absolute atomic E-state index is 13.5. The molecule has 0 fully saturated rings. The summed E-state index contributed by atoms with van der Waals surface area (Å²) in [6, 6.07) is 18.7. The van der Waals surface area contributed by atoms with Crippen molar-refractivity contribution in [1.82, 2.24) is 10.2 Å². The summed E-state index contributed by atoms with van der Waals surface area (Å²) in [5.74, 6) is -1.82. The van der Waals surface area contributed by atoms with Gasteiger partial charge in [-0.15, -0.1) is 10.2 Å². The second kappa shape index (κ2) is 12.4. The fraction of sp³-hybridized carbons (Fsp3) is 0.133. The number of aromatic hydroxyl groups is 1. The van der Waals surface area contributed by atoms with E-state index in [1.165, 1.54) is 47.0 Å². The third-order valence-corrected chi connectivity index (χ3v) is 8.30. The van der Waals surface area contributed by atoms with Crippen molar-refractivity contribution in [3.8, 4) is 11.5 Å². The van der Waals surface area contributed by atoms with Gasteiger partial charge in [-0.05, 0) is 54.0 Å². The van der Waals surface area contributed by atoms with Crippen molar-refractivity contribution in [2.45, 2.75) is 23.1 Å². The number of hydrogen-bond donors (Lipinski definition) is 2. The molecule has 8 nitrogen and oxygen atoms in total. The summed E-state index contributed by atoms with van der Waals surface area (Å²) in [6.45, 7) is 2.04. The number of carbonyl (C=O) groups excluding carboxylic acids is 2. The first kappa shape index (κ1) is 28.1. The number of aromatic nitrogens is 2. The molecule has 5 rings (SSSR count). The molecule has 208 valence electrons. The Balaban J connectivity index is 1.49. The van der Waals surface area contributed by atoms with E-state index in [0.717, 1.165) is 22.5 Å². The highest BCUT2D eigenvalue weighted by atomic mass is 32.2. The fourth-order valence-electron chi connectivity index (χ4n) is 4.25. The number of allylic oxidation sites excluding steroid dienone is 1. The second-order valence-electron chi connectivity index (χ2n) is 8.87. The van der Waals surface area contributed by atoms with Gasteiger partial charge in [0, 0.05) is 5.75 Å². The number of nitrogens with zero attached hydrogens (tertiary/aromatic N) is 3.